The van der Waals surface area contributed by atoms with E-state index < -0.39 is 17.8 Å². The van der Waals surface area contributed by atoms with Gasteiger partial charge in [-0.1, -0.05) is 23.9 Å². The molecule has 0 bridgehead atoms. The second-order valence-corrected chi connectivity index (χ2v) is 5.38. The maximum Gasteiger partial charge on any atom is 0.253 e. The van der Waals surface area contributed by atoms with Crippen LogP contribution in [0.15, 0.2) is 35.7 Å². The fourth-order valence-corrected chi connectivity index (χ4v) is 2.36. The Morgan fingerprint density at radius 2 is 2.19 bits per heavy atom. The summed E-state index contributed by atoms with van der Waals surface area (Å²) < 4.78 is 14.5. The van der Waals surface area contributed by atoms with Gasteiger partial charge in [-0.05, 0) is 17.7 Å². The second kappa shape index (κ2) is 7.19. The van der Waals surface area contributed by atoms with Gasteiger partial charge < -0.3 is 15.0 Å². The van der Waals surface area contributed by atoms with Crippen LogP contribution in [0.4, 0.5) is 4.39 Å². The largest absolute Gasteiger partial charge is 0.378 e. The van der Waals surface area contributed by atoms with Gasteiger partial charge in [-0.3, -0.25) is 4.79 Å². The van der Waals surface area contributed by atoms with Crippen molar-refractivity contribution >= 4 is 17.7 Å². The quantitative estimate of drug-likeness (QED) is 0.612. The van der Waals surface area contributed by atoms with Crippen molar-refractivity contribution in [1.29, 1.82) is 0 Å². The number of aliphatic hydroxyl groups is 1. The summed E-state index contributed by atoms with van der Waals surface area (Å²) in [6.45, 7) is 0.384. The molecular weight excluding hydrogens is 295 g/mol. The van der Waals surface area contributed by atoms with Gasteiger partial charge in [-0.25, -0.2) is 4.39 Å². The van der Waals surface area contributed by atoms with E-state index in [4.69, 9.17) is 0 Å². The van der Waals surface area contributed by atoms with Crippen molar-refractivity contribution in [3.05, 3.63) is 42.0 Å². The molecular formula is C13H15FN4O2S. The first-order valence-corrected chi connectivity index (χ1v) is 7.24. The first-order valence-electron chi connectivity index (χ1n) is 6.26. The molecule has 1 atom stereocenters. The highest BCUT2D eigenvalue weighted by atomic mass is 32.2. The lowest BCUT2D eigenvalue weighted by Crippen LogP contribution is -2.31. The van der Waals surface area contributed by atoms with Crippen LogP contribution < -0.4 is 5.32 Å². The lowest BCUT2D eigenvalue weighted by molar-refractivity contribution is -0.129. The molecule has 6 nitrogen and oxygen atoms in total. The van der Waals surface area contributed by atoms with E-state index in [0.717, 1.165) is 5.16 Å². The molecule has 2 aromatic rings. The first kappa shape index (κ1) is 15.5. The summed E-state index contributed by atoms with van der Waals surface area (Å²) in [5.74, 6) is -0.319. The van der Waals surface area contributed by atoms with E-state index >= 15 is 0 Å². The summed E-state index contributed by atoms with van der Waals surface area (Å²) in [5, 5.41) is 20.9. The highest BCUT2D eigenvalue weighted by Gasteiger charge is 2.16. The monoisotopic (exact) mass is 310 g/mol. The highest BCUT2D eigenvalue weighted by Crippen LogP contribution is 2.14. The molecule has 1 aromatic carbocycles. The smallest absolute Gasteiger partial charge is 0.253 e. The van der Waals surface area contributed by atoms with Crippen molar-refractivity contribution in [3.8, 4) is 0 Å². The number of thioether (sulfide) groups is 1. The fraction of sp³-hybridized carbons (Fsp3) is 0.308. The van der Waals surface area contributed by atoms with Gasteiger partial charge in [-0.15, -0.1) is 10.2 Å². The summed E-state index contributed by atoms with van der Waals surface area (Å²) in [7, 11) is 1.83. The molecule has 0 spiro atoms. The van der Waals surface area contributed by atoms with Crippen LogP contribution in [-0.2, 0) is 11.8 Å². The maximum atomic E-state index is 12.8. The number of benzene rings is 1. The average molecular weight is 310 g/mol. The molecule has 8 heteroatoms. The molecule has 1 aromatic heterocycles. The van der Waals surface area contributed by atoms with Gasteiger partial charge in [0.2, 0.25) is 0 Å². The Bertz CT molecular complexity index is 602. The summed E-state index contributed by atoms with van der Waals surface area (Å²) in [4.78, 5) is 11.8. The standard InChI is InChI=1S/C13H15FN4O2S/c1-18-8-16-17-13(18)21-7-6-15-12(20)11(19)9-2-4-10(14)5-3-9/h2-5,8,11,19H,6-7H2,1H3,(H,15,20)/t11-/m1/s1. The lowest BCUT2D eigenvalue weighted by atomic mass is 10.1. The van der Waals surface area contributed by atoms with E-state index in [1.807, 2.05) is 7.05 Å². The van der Waals surface area contributed by atoms with Gasteiger partial charge in [-0.2, -0.15) is 0 Å². The van der Waals surface area contributed by atoms with E-state index in [1.165, 1.54) is 36.0 Å². The third kappa shape index (κ3) is 4.27. The number of hydrogen-bond donors (Lipinski definition) is 2. The van der Waals surface area contributed by atoms with Gasteiger partial charge in [0.05, 0.1) is 0 Å². The van der Waals surface area contributed by atoms with Crippen LogP contribution in [0.25, 0.3) is 0 Å². The minimum absolute atomic E-state index is 0.356. The third-order valence-corrected chi connectivity index (χ3v) is 3.77. The molecule has 112 valence electrons. The van der Waals surface area contributed by atoms with E-state index in [-0.39, 0.29) is 0 Å². The molecule has 0 aliphatic carbocycles. The average Bonchev–Trinajstić information content (AvgIpc) is 2.89. The summed E-state index contributed by atoms with van der Waals surface area (Å²) >= 11 is 1.45. The molecule has 0 aliphatic heterocycles. The normalized spacial score (nSPS) is 12.1. The Balaban J connectivity index is 1.76. The molecule has 21 heavy (non-hydrogen) atoms. The Morgan fingerprint density at radius 1 is 1.48 bits per heavy atom. The lowest BCUT2D eigenvalue weighted by Gasteiger charge is -2.11. The van der Waals surface area contributed by atoms with E-state index in [1.54, 1.807) is 10.9 Å². The molecule has 0 aliphatic rings. The Kier molecular flexibility index (Phi) is 5.29. The van der Waals surface area contributed by atoms with Crippen LogP contribution in [-0.4, -0.2) is 38.1 Å². The number of amides is 1. The molecule has 0 fully saturated rings. The third-order valence-electron chi connectivity index (χ3n) is 2.74. The predicted molar refractivity (Wildman–Crippen MR) is 76.1 cm³/mol. The van der Waals surface area contributed by atoms with Crippen LogP contribution in [0.5, 0.6) is 0 Å². The van der Waals surface area contributed by atoms with Crippen molar-refractivity contribution in [2.75, 3.05) is 12.3 Å². The number of hydrogen-bond acceptors (Lipinski definition) is 5. The summed E-state index contributed by atoms with van der Waals surface area (Å²) in [6.07, 6.45) is 0.296. The van der Waals surface area contributed by atoms with Crippen LogP contribution in [0.3, 0.4) is 0 Å². The zero-order chi connectivity index (χ0) is 15.2. The van der Waals surface area contributed by atoms with Crippen molar-refractivity contribution < 1.29 is 14.3 Å². The Hall–Kier alpha value is -1.93. The number of nitrogens with one attached hydrogen (secondary N) is 1. The van der Waals surface area contributed by atoms with Gasteiger partial charge >= 0.3 is 0 Å². The van der Waals surface area contributed by atoms with Gasteiger partial charge in [0.1, 0.15) is 12.1 Å². The summed E-state index contributed by atoms with van der Waals surface area (Å²) in [5.41, 5.74) is 0.356. The van der Waals surface area contributed by atoms with Gasteiger partial charge in [0.25, 0.3) is 5.91 Å². The molecule has 2 N–H and O–H groups in total. The van der Waals surface area contributed by atoms with Crippen molar-refractivity contribution in [1.82, 2.24) is 20.1 Å². The van der Waals surface area contributed by atoms with Crippen molar-refractivity contribution in [2.24, 2.45) is 7.05 Å². The molecule has 0 saturated heterocycles. The van der Waals surface area contributed by atoms with Crippen LogP contribution in [0, 0.1) is 5.82 Å². The first-order chi connectivity index (χ1) is 10.1. The van der Waals surface area contributed by atoms with Crippen LogP contribution >= 0.6 is 11.8 Å². The molecule has 0 unspecified atom stereocenters. The number of nitrogens with zero attached hydrogens (tertiary/aromatic N) is 3. The predicted octanol–water partition coefficient (Wildman–Crippen LogP) is 0.896. The van der Waals surface area contributed by atoms with Crippen molar-refractivity contribution in [2.45, 2.75) is 11.3 Å². The fourth-order valence-electron chi connectivity index (χ4n) is 1.61. The van der Waals surface area contributed by atoms with E-state index in [0.29, 0.717) is 17.9 Å². The zero-order valence-electron chi connectivity index (χ0n) is 11.4. The minimum Gasteiger partial charge on any atom is -0.378 e. The number of aromatic nitrogens is 3. The Morgan fingerprint density at radius 3 is 2.81 bits per heavy atom. The summed E-state index contributed by atoms with van der Waals surface area (Å²) in [6, 6.07) is 5.17. The Labute approximate surface area is 125 Å². The van der Waals surface area contributed by atoms with Gasteiger partial charge in [0, 0.05) is 19.3 Å². The molecule has 2 rings (SSSR count). The number of aliphatic hydroxyl groups excluding tert-OH is 1. The number of carbonyl (C=O) groups excluding carboxylic acids is 1. The highest BCUT2D eigenvalue weighted by molar-refractivity contribution is 7.99. The molecule has 1 amide bonds. The van der Waals surface area contributed by atoms with Crippen LogP contribution in [0.1, 0.15) is 11.7 Å². The van der Waals surface area contributed by atoms with Gasteiger partial charge in [0.15, 0.2) is 11.3 Å². The SMILES string of the molecule is Cn1cnnc1SCCNC(=O)[C@H](O)c1ccc(F)cc1. The number of carbonyl (C=O) groups is 1. The molecule has 1 heterocycles. The van der Waals surface area contributed by atoms with Crippen molar-refractivity contribution in [3.63, 3.8) is 0 Å². The minimum atomic E-state index is -1.30. The molecule has 0 saturated carbocycles. The topological polar surface area (TPSA) is 80.0 Å². The number of rotatable bonds is 6. The van der Waals surface area contributed by atoms with E-state index in [2.05, 4.69) is 15.5 Å². The zero-order valence-corrected chi connectivity index (χ0v) is 12.2. The maximum absolute atomic E-state index is 12.8. The van der Waals surface area contributed by atoms with E-state index in [9.17, 15) is 14.3 Å². The number of aryl methyl sites for hydroxylation is 1. The van der Waals surface area contributed by atoms with Crippen LogP contribution in [0.2, 0.25) is 0 Å². The second-order valence-electron chi connectivity index (χ2n) is 4.32. The number of halogens is 1. The molecule has 0 radical (unpaired) electrons.